The first-order valence-electron chi connectivity index (χ1n) is 15.1. The van der Waals surface area contributed by atoms with Crippen molar-refractivity contribution in [1.82, 2.24) is 25.2 Å². The van der Waals surface area contributed by atoms with Crippen molar-refractivity contribution in [2.24, 2.45) is 5.41 Å². The van der Waals surface area contributed by atoms with Crippen LogP contribution in [0.2, 0.25) is 5.15 Å². The summed E-state index contributed by atoms with van der Waals surface area (Å²) in [4.78, 5) is 58.6. The zero-order chi connectivity index (χ0) is 34.2. The van der Waals surface area contributed by atoms with Crippen LogP contribution >= 0.6 is 11.6 Å². The molecule has 3 N–H and O–H groups in total. The van der Waals surface area contributed by atoms with Crippen LogP contribution in [0.25, 0.3) is 10.8 Å². The zero-order valence-corrected chi connectivity index (χ0v) is 28.6. The topological polar surface area (TPSA) is 173 Å². The highest BCUT2D eigenvalue weighted by atomic mass is 35.5. The number of hydrogen-bond acceptors (Lipinski definition) is 9. The third-order valence-electron chi connectivity index (χ3n) is 7.57. The fraction of sp³-hybridized carbons (Fsp3) is 0.581. The molecule has 2 aliphatic rings. The van der Waals surface area contributed by atoms with Crippen molar-refractivity contribution >= 4 is 56.2 Å². The van der Waals surface area contributed by atoms with Crippen molar-refractivity contribution in [2.45, 2.75) is 103 Å². The van der Waals surface area contributed by atoms with Gasteiger partial charge in [0.1, 0.15) is 40.7 Å². The van der Waals surface area contributed by atoms with Gasteiger partial charge in [-0.25, -0.2) is 18.2 Å². The minimum Gasteiger partial charge on any atom is -0.488 e. The van der Waals surface area contributed by atoms with Crippen molar-refractivity contribution in [3.8, 4) is 5.75 Å². The number of likely N-dealkylation sites (tertiary alicyclic amines) is 1. The summed E-state index contributed by atoms with van der Waals surface area (Å²) in [6.45, 7) is 11.8. The normalized spacial score (nSPS) is 20.0. The van der Waals surface area contributed by atoms with Crippen LogP contribution < -0.4 is 20.1 Å². The van der Waals surface area contributed by atoms with E-state index < -0.39 is 74.3 Å². The quantitative estimate of drug-likeness (QED) is 0.336. The number of nitrogens with one attached hydrogen (secondary N) is 3. The first kappa shape index (κ1) is 35.2. The molecule has 252 valence electrons. The van der Waals surface area contributed by atoms with Crippen LogP contribution in [0.3, 0.4) is 0 Å². The first-order valence-corrected chi connectivity index (χ1v) is 17.0. The van der Waals surface area contributed by atoms with E-state index >= 15 is 0 Å². The maximum Gasteiger partial charge on any atom is 0.408 e. The summed E-state index contributed by atoms with van der Waals surface area (Å²) in [6, 6.07) is 3.63. The van der Waals surface area contributed by atoms with Gasteiger partial charge in [0.25, 0.3) is 5.91 Å². The van der Waals surface area contributed by atoms with Crippen LogP contribution in [0.4, 0.5) is 4.79 Å². The molecule has 15 heteroatoms. The number of nitrogens with zero attached hydrogens (tertiary/aromatic N) is 2. The molecule has 4 atom stereocenters. The summed E-state index contributed by atoms with van der Waals surface area (Å²) in [5.41, 5.74) is -1.60. The molecule has 2 heterocycles. The first-order chi connectivity index (χ1) is 21.2. The van der Waals surface area contributed by atoms with Gasteiger partial charge in [-0.15, -0.1) is 0 Å². The molecule has 2 aromatic rings. The van der Waals surface area contributed by atoms with Crippen molar-refractivity contribution in [2.75, 3.05) is 6.54 Å². The van der Waals surface area contributed by atoms with E-state index in [-0.39, 0.29) is 13.0 Å². The van der Waals surface area contributed by atoms with E-state index in [0.717, 1.165) is 10.8 Å². The Labute approximate surface area is 274 Å². The second kappa shape index (κ2) is 13.2. The fourth-order valence-corrected chi connectivity index (χ4v) is 6.67. The van der Waals surface area contributed by atoms with Gasteiger partial charge in [0, 0.05) is 18.0 Å². The Bertz CT molecular complexity index is 1620. The van der Waals surface area contributed by atoms with Crippen LogP contribution in [0, 0.1) is 5.41 Å². The number of carbonyl (C=O) groups excluding carboxylic acids is 4. The second-order valence-electron chi connectivity index (χ2n) is 13.9. The number of pyridine rings is 1. The average molecular weight is 680 g/mol. The summed E-state index contributed by atoms with van der Waals surface area (Å²) in [5.74, 6) is -1.63. The summed E-state index contributed by atoms with van der Waals surface area (Å²) >= 11 is 6.20. The van der Waals surface area contributed by atoms with Crippen molar-refractivity contribution < 1.29 is 37.1 Å². The average Bonchev–Trinajstić information content (AvgIpc) is 3.71. The Hall–Kier alpha value is -3.65. The molecule has 46 heavy (non-hydrogen) atoms. The van der Waals surface area contributed by atoms with Crippen molar-refractivity contribution in [3.05, 3.63) is 35.6 Å². The van der Waals surface area contributed by atoms with Gasteiger partial charge >= 0.3 is 6.09 Å². The van der Waals surface area contributed by atoms with Gasteiger partial charge in [0.05, 0.1) is 11.8 Å². The van der Waals surface area contributed by atoms with Gasteiger partial charge in [0.15, 0.2) is 0 Å². The van der Waals surface area contributed by atoms with E-state index in [1.807, 2.05) is 4.72 Å². The maximum atomic E-state index is 14.1. The number of halogens is 1. The number of hydrogen-bond donors (Lipinski definition) is 3. The number of sulfonamides is 1. The fourth-order valence-electron chi connectivity index (χ4n) is 5.07. The minimum atomic E-state index is -3.82. The Morgan fingerprint density at radius 2 is 1.72 bits per heavy atom. The van der Waals surface area contributed by atoms with E-state index in [4.69, 9.17) is 21.1 Å². The lowest BCUT2D eigenvalue weighted by molar-refractivity contribution is -0.142. The van der Waals surface area contributed by atoms with Gasteiger partial charge in [-0.05, 0) is 75.6 Å². The maximum absolute atomic E-state index is 14.1. The third-order valence-corrected chi connectivity index (χ3v) is 9.71. The number of carbonyl (C=O) groups is 4. The van der Waals surface area contributed by atoms with Crippen LogP contribution in [0.15, 0.2) is 30.5 Å². The van der Waals surface area contributed by atoms with E-state index in [2.05, 4.69) is 15.6 Å². The molecule has 13 nitrogen and oxygen atoms in total. The number of fused-ring (bicyclic) bond motifs is 1. The Balaban J connectivity index is 1.57. The molecule has 1 aromatic carbocycles. The largest absolute Gasteiger partial charge is 0.488 e. The molecule has 1 aliphatic carbocycles. The van der Waals surface area contributed by atoms with Gasteiger partial charge in [0.2, 0.25) is 21.8 Å². The van der Waals surface area contributed by atoms with E-state index in [0.29, 0.717) is 23.7 Å². The summed E-state index contributed by atoms with van der Waals surface area (Å²) < 4.78 is 38.2. The number of benzene rings is 1. The number of alkyl carbamates (subject to hydrolysis) is 1. The van der Waals surface area contributed by atoms with Crippen LogP contribution in [-0.2, 0) is 29.1 Å². The zero-order valence-electron chi connectivity index (χ0n) is 27.0. The molecule has 1 aromatic heterocycles. The van der Waals surface area contributed by atoms with Crippen molar-refractivity contribution in [1.29, 1.82) is 0 Å². The monoisotopic (exact) mass is 679 g/mol. The highest BCUT2D eigenvalue weighted by Gasteiger charge is 2.46. The summed E-state index contributed by atoms with van der Waals surface area (Å²) in [7, 11) is -3.82. The summed E-state index contributed by atoms with van der Waals surface area (Å²) in [5, 5.41) is 6.46. The number of aromatic nitrogens is 1. The number of amides is 4. The molecule has 0 spiro atoms. The minimum absolute atomic E-state index is 0.00866. The Morgan fingerprint density at radius 1 is 1.04 bits per heavy atom. The van der Waals surface area contributed by atoms with E-state index in [1.165, 1.54) is 11.8 Å². The predicted molar refractivity (Wildman–Crippen MR) is 172 cm³/mol. The molecular weight excluding hydrogens is 638 g/mol. The molecule has 4 rings (SSSR count). The van der Waals surface area contributed by atoms with Crippen LogP contribution in [0.1, 0.15) is 67.7 Å². The summed E-state index contributed by atoms with van der Waals surface area (Å²) in [6.07, 6.45) is 1.14. The lowest BCUT2D eigenvalue weighted by Gasteiger charge is -2.35. The molecule has 0 radical (unpaired) electrons. The Morgan fingerprint density at radius 3 is 2.33 bits per heavy atom. The second-order valence-corrected chi connectivity index (χ2v) is 16.2. The van der Waals surface area contributed by atoms with Gasteiger partial charge < -0.3 is 25.0 Å². The van der Waals surface area contributed by atoms with Gasteiger partial charge in [-0.3, -0.25) is 19.1 Å². The highest BCUT2D eigenvalue weighted by molar-refractivity contribution is 7.90. The lowest BCUT2D eigenvalue weighted by atomic mass is 9.85. The van der Waals surface area contributed by atoms with Gasteiger partial charge in [-0.2, -0.15) is 0 Å². The molecule has 2 fully saturated rings. The molecule has 0 bridgehead atoms. The van der Waals surface area contributed by atoms with Crippen LogP contribution in [0.5, 0.6) is 5.75 Å². The molecule has 1 saturated carbocycles. The van der Waals surface area contributed by atoms with E-state index in [9.17, 15) is 27.6 Å². The lowest BCUT2D eigenvalue weighted by Crippen LogP contribution is -2.59. The predicted octanol–water partition coefficient (Wildman–Crippen LogP) is 3.29. The smallest absolute Gasteiger partial charge is 0.408 e. The van der Waals surface area contributed by atoms with Crippen molar-refractivity contribution in [3.63, 3.8) is 0 Å². The Kier molecular flexibility index (Phi) is 10.1. The number of ether oxygens (including phenoxy) is 2. The standard InChI is InChI=1S/C31H42ClN5O8S/c1-17(26(38)36-46(42,43)21-9-10-21)34-27(39)23-15-20(44-19-8-11-22-18(14-19)12-13-33-25(22)32)16-37(23)28(40)24(30(2,3)4)35-29(41)45-31(5,6)7/h8,11-14,17,20-21,23-24H,9-10,15-16H2,1-7H3,(H,34,39)(H,35,41)(H,36,38)/t17-,20-,23+,24-/m1/s1. The van der Waals surface area contributed by atoms with Gasteiger partial charge in [-0.1, -0.05) is 32.4 Å². The highest BCUT2D eigenvalue weighted by Crippen LogP contribution is 2.31. The SMILES string of the molecule is C[C@@H](NC(=O)[C@@H]1C[C@@H](Oc2ccc3c(Cl)nccc3c2)CN1C(=O)[C@@H](NC(=O)OC(C)(C)C)C(C)(C)C)C(=O)NS(=O)(=O)C1CC1. The van der Waals surface area contributed by atoms with Crippen LogP contribution in [-0.4, -0.2) is 83.7 Å². The molecule has 4 amide bonds. The third kappa shape index (κ3) is 8.78. The number of rotatable bonds is 9. The molecule has 1 saturated heterocycles. The molecule has 1 aliphatic heterocycles. The molecule has 0 unspecified atom stereocenters. The molecular formula is C31H42ClN5O8S. The van der Waals surface area contributed by atoms with E-state index in [1.54, 1.807) is 72.0 Å².